The zero-order chi connectivity index (χ0) is 20.3. The third-order valence-electron chi connectivity index (χ3n) is 4.21. The van der Waals surface area contributed by atoms with Crippen LogP contribution in [0.4, 0.5) is 5.82 Å². The number of nitrogens with zero attached hydrogens (tertiary/aromatic N) is 4. The minimum atomic E-state index is -0.616. The number of amides is 1. The summed E-state index contributed by atoms with van der Waals surface area (Å²) in [5.74, 6) is -0.598. The monoisotopic (exact) mass is 377 g/mol. The van der Waals surface area contributed by atoms with Crippen molar-refractivity contribution in [3.05, 3.63) is 47.2 Å². The molecule has 1 N–H and O–H groups in total. The number of aromatic nitrogens is 3. The van der Waals surface area contributed by atoms with Gasteiger partial charge in [-0.1, -0.05) is 18.2 Å². The van der Waals surface area contributed by atoms with Crippen molar-refractivity contribution in [3.8, 4) is 11.9 Å². The lowest BCUT2D eigenvalue weighted by atomic mass is 10.1. The Labute approximate surface area is 161 Å². The van der Waals surface area contributed by atoms with E-state index in [2.05, 4.69) is 15.4 Å². The maximum atomic E-state index is 12.3. The number of carbonyl (C=O) groups is 2. The molecule has 2 aromatic heterocycles. The summed E-state index contributed by atoms with van der Waals surface area (Å²) in [4.78, 5) is 29.0. The SMILES string of the molecule is CCOC(=O)c1cnn(-c2cc(C)c3cccc(C)c3n2)c1NC(=O)CC#N. The molecule has 0 unspecified atom stereocenters. The predicted molar refractivity (Wildman–Crippen MR) is 103 cm³/mol. The van der Waals surface area contributed by atoms with Crippen LogP contribution in [-0.2, 0) is 9.53 Å². The number of pyridine rings is 1. The highest BCUT2D eigenvalue weighted by Gasteiger charge is 2.22. The third kappa shape index (κ3) is 3.55. The van der Waals surface area contributed by atoms with Crippen LogP contribution >= 0.6 is 0 Å². The number of hydrogen-bond acceptors (Lipinski definition) is 6. The molecule has 0 fully saturated rings. The zero-order valence-electron chi connectivity index (χ0n) is 15.8. The fourth-order valence-corrected chi connectivity index (χ4v) is 2.90. The number of aryl methyl sites for hydroxylation is 2. The molecule has 1 amide bonds. The van der Waals surface area contributed by atoms with Crippen molar-refractivity contribution in [2.75, 3.05) is 11.9 Å². The van der Waals surface area contributed by atoms with Crippen molar-refractivity contribution in [2.24, 2.45) is 0 Å². The fourth-order valence-electron chi connectivity index (χ4n) is 2.90. The lowest BCUT2D eigenvalue weighted by molar-refractivity contribution is -0.115. The maximum absolute atomic E-state index is 12.3. The first-order valence-electron chi connectivity index (χ1n) is 8.75. The van der Waals surface area contributed by atoms with Crippen molar-refractivity contribution in [2.45, 2.75) is 27.2 Å². The summed E-state index contributed by atoms with van der Waals surface area (Å²) in [6.45, 7) is 5.79. The molecule has 28 heavy (non-hydrogen) atoms. The smallest absolute Gasteiger partial charge is 0.343 e. The van der Waals surface area contributed by atoms with Gasteiger partial charge in [0.25, 0.3) is 0 Å². The Morgan fingerprint density at radius 2 is 2.07 bits per heavy atom. The molecule has 0 radical (unpaired) electrons. The standard InChI is InChI=1S/C20H19N5O3/c1-4-28-20(27)15-11-22-25(19(15)24-17(26)8-9-21)16-10-13(3)14-7-5-6-12(2)18(14)23-16/h5-7,10-11H,4,8H2,1-3H3,(H,24,26). The number of para-hydroxylation sites is 1. The summed E-state index contributed by atoms with van der Waals surface area (Å²) in [5.41, 5.74) is 2.87. The van der Waals surface area contributed by atoms with Gasteiger partial charge in [-0.3, -0.25) is 4.79 Å². The number of ether oxygens (including phenoxy) is 1. The lowest BCUT2D eigenvalue weighted by Crippen LogP contribution is -2.17. The molecule has 2 heterocycles. The van der Waals surface area contributed by atoms with Crippen molar-refractivity contribution in [1.29, 1.82) is 5.26 Å². The van der Waals surface area contributed by atoms with Gasteiger partial charge in [0.2, 0.25) is 5.91 Å². The molecule has 142 valence electrons. The van der Waals surface area contributed by atoms with E-state index in [-0.39, 0.29) is 24.4 Å². The quantitative estimate of drug-likeness (QED) is 0.684. The summed E-state index contributed by atoms with van der Waals surface area (Å²) < 4.78 is 6.42. The number of nitriles is 1. The number of anilines is 1. The molecule has 0 saturated heterocycles. The Balaban J connectivity index is 2.17. The van der Waals surface area contributed by atoms with Crippen LogP contribution < -0.4 is 5.32 Å². The molecule has 0 aliphatic heterocycles. The van der Waals surface area contributed by atoms with Gasteiger partial charge in [-0.2, -0.15) is 15.0 Å². The highest BCUT2D eigenvalue weighted by atomic mass is 16.5. The van der Waals surface area contributed by atoms with Gasteiger partial charge >= 0.3 is 5.97 Å². The molecule has 8 heteroatoms. The number of carbonyl (C=O) groups excluding carboxylic acids is 2. The van der Waals surface area contributed by atoms with E-state index >= 15 is 0 Å². The van der Waals surface area contributed by atoms with E-state index in [1.807, 2.05) is 38.1 Å². The molecule has 0 atom stereocenters. The van der Waals surface area contributed by atoms with E-state index in [0.29, 0.717) is 5.82 Å². The average molecular weight is 377 g/mol. The van der Waals surface area contributed by atoms with Gasteiger partial charge in [0, 0.05) is 5.39 Å². The topological polar surface area (TPSA) is 110 Å². The zero-order valence-corrected chi connectivity index (χ0v) is 15.8. The Bertz CT molecular complexity index is 1110. The van der Waals surface area contributed by atoms with Crippen molar-refractivity contribution < 1.29 is 14.3 Å². The molecule has 3 aromatic rings. The van der Waals surface area contributed by atoms with E-state index in [0.717, 1.165) is 22.0 Å². The minimum absolute atomic E-state index is 0.0949. The molecule has 0 spiro atoms. The van der Waals surface area contributed by atoms with E-state index in [1.165, 1.54) is 10.9 Å². The maximum Gasteiger partial charge on any atom is 0.343 e. The third-order valence-corrected chi connectivity index (χ3v) is 4.21. The van der Waals surface area contributed by atoms with Crippen molar-refractivity contribution in [3.63, 3.8) is 0 Å². The Kier molecular flexibility index (Phi) is 5.36. The van der Waals surface area contributed by atoms with Crippen LogP contribution in [0, 0.1) is 25.2 Å². The van der Waals surface area contributed by atoms with Gasteiger partial charge in [0.1, 0.15) is 12.0 Å². The first-order chi connectivity index (χ1) is 13.5. The summed E-state index contributed by atoms with van der Waals surface area (Å²) in [6.07, 6.45) is 0.968. The van der Waals surface area contributed by atoms with Gasteiger partial charge < -0.3 is 10.1 Å². The highest BCUT2D eigenvalue weighted by Crippen LogP contribution is 2.26. The molecular weight excluding hydrogens is 358 g/mol. The largest absolute Gasteiger partial charge is 0.462 e. The number of fused-ring (bicyclic) bond motifs is 1. The van der Waals surface area contributed by atoms with E-state index in [4.69, 9.17) is 10.00 Å². The van der Waals surface area contributed by atoms with Gasteiger partial charge in [-0.05, 0) is 38.0 Å². The second-order valence-electron chi connectivity index (χ2n) is 6.19. The molecule has 1 aromatic carbocycles. The van der Waals surface area contributed by atoms with Crippen LogP contribution in [0.25, 0.3) is 16.7 Å². The van der Waals surface area contributed by atoms with Crippen LogP contribution in [-0.4, -0.2) is 33.2 Å². The summed E-state index contributed by atoms with van der Waals surface area (Å²) >= 11 is 0. The first kappa shape index (κ1) is 19.0. The molecule has 0 bridgehead atoms. The lowest BCUT2D eigenvalue weighted by Gasteiger charge is -2.12. The molecule has 0 aliphatic rings. The number of hydrogen-bond donors (Lipinski definition) is 1. The van der Waals surface area contributed by atoms with Gasteiger partial charge in [-0.25, -0.2) is 9.78 Å². The van der Waals surface area contributed by atoms with E-state index < -0.39 is 11.9 Å². The van der Waals surface area contributed by atoms with Crippen molar-refractivity contribution in [1.82, 2.24) is 14.8 Å². The molecular formula is C20H19N5O3. The first-order valence-corrected chi connectivity index (χ1v) is 8.75. The van der Waals surface area contributed by atoms with Crippen molar-refractivity contribution >= 4 is 28.6 Å². The molecule has 0 saturated carbocycles. The number of rotatable bonds is 5. The van der Waals surface area contributed by atoms with Gasteiger partial charge in [0.15, 0.2) is 11.6 Å². The predicted octanol–water partition coefficient (Wildman–Crippen LogP) is 3.07. The van der Waals surface area contributed by atoms with Gasteiger partial charge in [0.05, 0.1) is 24.4 Å². The average Bonchev–Trinajstić information content (AvgIpc) is 3.06. The minimum Gasteiger partial charge on any atom is -0.462 e. The molecule has 3 rings (SSSR count). The summed E-state index contributed by atoms with van der Waals surface area (Å²) in [5, 5.41) is 16.6. The fraction of sp³-hybridized carbons (Fsp3) is 0.250. The van der Waals surface area contributed by atoms with Crippen LogP contribution in [0.2, 0.25) is 0 Å². The molecule has 0 aliphatic carbocycles. The summed E-state index contributed by atoms with van der Waals surface area (Å²) in [7, 11) is 0. The highest BCUT2D eigenvalue weighted by molar-refractivity contribution is 6.01. The number of esters is 1. The van der Waals surface area contributed by atoms with E-state index in [9.17, 15) is 9.59 Å². The van der Waals surface area contributed by atoms with Crippen LogP contribution in [0.3, 0.4) is 0 Å². The second-order valence-corrected chi connectivity index (χ2v) is 6.19. The number of benzene rings is 1. The van der Waals surface area contributed by atoms with Crippen LogP contribution in [0.5, 0.6) is 0 Å². The molecule has 8 nitrogen and oxygen atoms in total. The Morgan fingerprint density at radius 1 is 1.29 bits per heavy atom. The second kappa shape index (κ2) is 7.88. The van der Waals surface area contributed by atoms with Crippen LogP contribution in [0.15, 0.2) is 30.5 Å². The summed E-state index contributed by atoms with van der Waals surface area (Å²) in [6, 6.07) is 9.51. The van der Waals surface area contributed by atoms with Gasteiger partial charge in [-0.15, -0.1) is 0 Å². The van der Waals surface area contributed by atoms with Crippen LogP contribution in [0.1, 0.15) is 34.8 Å². The Hall–Kier alpha value is -3.73. The van der Waals surface area contributed by atoms with E-state index in [1.54, 1.807) is 13.0 Å². The number of nitrogens with one attached hydrogen (secondary N) is 1. The Morgan fingerprint density at radius 3 is 2.79 bits per heavy atom. The normalized spacial score (nSPS) is 10.5.